The predicted molar refractivity (Wildman–Crippen MR) is 154 cm³/mol. The Hall–Kier alpha value is -4.00. The fourth-order valence-corrected chi connectivity index (χ4v) is 3.85. The van der Waals surface area contributed by atoms with Crippen molar-refractivity contribution in [3.8, 4) is 5.75 Å². The molecule has 0 bridgehead atoms. The molecule has 1 amide bonds. The van der Waals surface area contributed by atoms with Crippen molar-refractivity contribution >= 4 is 29.4 Å². The van der Waals surface area contributed by atoms with E-state index in [9.17, 15) is 4.79 Å². The highest BCUT2D eigenvalue weighted by Gasteiger charge is 2.19. The van der Waals surface area contributed by atoms with E-state index in [2.05, 4.69) is 36.2 Å². The van der Waals surface area contributed by atoms with Crippen LogP contribution in [0.25, 0.3) is 0 Å². The first-order chi connectivity index (χ1) is 19.6. The quantitative estimate of drug-likeness (QED) is 0.157. The number of amides is 1. The van der Waals surface area contributed by atoms with E-state index in [0.29, 0.717) is 81.2 Å². The standard InChI is InChI=1S/C28H38N8O4/c1-38-24-10-8-20(9-11-24)19-31-26-34-27(32-22-5-3-6-22)36-28(35-26)33-23-7-2-4-21(18-23)25(37)30-13-15-40-17-16-39-14-12-29/h2,4,7-11,18,22H,3,5-6,12-17,19,29H2,1H3,(H,30,37)(H3,31,32,33,34,35,36). The van der Waals surface area contributed by atoms with Gasteiger partial charge in [-0.1, -0.05) is 18.2 Å². The van der Waals surface area contributed by atoms with Gasteiger partial charge in [-0.15, -0.1) is 0 Å². The second-order valence-electron chi connectivity index (χ2n) is 9.26. The van der Waals surface area contributed by atoms with Gasteiger partial charge in [0.2, 0.25) is 17.8 Å². The molecule has 0 atom stereocenters. The van der Waals surface area contributed by atoms with Crippen molar-refractivity contribution in [2.45, 2.75) is 31.8 Å². The number of anilines is 4. The van der Waals surface area contributed by atoms with Gasteiger partial charge < -0.3 is 41.2 Å². The Labute approximate surface area is 234 Å². The summed E-state index contributed by atoms with van der Waals surface area (Å²) in [6, 6.07) is 15.3. The van der Waals surface area contributed by atoms with Gasteiger partial charge in [0, 0.05) is 36.9 Å². The summed E-state index contributed by atoms with van der Waals surface area (Å²) in [5.41, 5.74) is 7.63. The van der Waals surface area contributed by atoms with Gasteiger partial charge in [0.1, 0.15) is 5.75 Å². The molecule has 1 heterocycles. The number of hydrogen-bond donors (Lipinski definition) is 5. The van der Waals surface area contributed by atoms with Gasteiger partial charge >= 0.3 is 0 Å². The lowest BCUT2D eigenvalue weighted by Crippen LogP contribution is -2.28. The van der Waals surface area contributed by atoms with Crippen LogP contribution in [0.5, 0.6) is 5.75 Å². The summed E-state index contributed by atoms with van der Waals surface area (Å²) in [6.45, 7) is 3.25. The van der Waals surface area contributed by atoms with Crippen LogP contribution in [0.3, 0.4) is 0 Å². The highest BCUT2D eigenvalue weighted by atomic mass is 16.5. The van der Waals surface area contributed by atoms with Gasteiger partial charge in [0.15, 0.2) is 0 Å². The molecule has 0 saturated heterocycles. The van der Waals surface area contributed by atoms with E-state index in [1.54, 1.807) is 25.3 Å². The first-order valence-corrected chi connectivity index (χ1v) is 13.5. The second-order valence-corrected chi connectivity index (χ2v) is 9.26. The average Bonchev–Trinajstić information content (AvgIpc) is 2.95. The minimum Gasteiger partial charge on any atom is -0.497 e. The lowest BCUT2D eigenvalue weighted by molar-refractivity contribution is 0.0511. The van der Waals surface area contributed by atoms with Crippen LogP contribution in [-0.4, -0.2) is 73.5 Å². The minimum atomic E-state index is -0.198. The molecule has 1 aromatic heterocycles. The van der Waals surface area contributed by atoms with Crippen molar-refractivity contribution in [3.63, 3.8) is 0 Å². The van der Waals surface area contributed by atoms with Gasteiger partial charge in [0.25, 0.3) is 5.91 Å². The highest BCUT2D eigenvalue weighted by Crippen LogP contribution is 2.23. The smallest absolute Gasteiger partial charge is 0.251 e. The van der Waals surface area contributed by atoms with Crippen LogP contribution in [0.15, 0.2) is 48.5 Å². The van der Waals surface area contributed by atoms with Crippen molar-refractivity contribution in [2.75, 3.05) is 62.6 Å². The first-order valence-electron chi connectivity index (χ1n) is 13.5. The van der Waals surface area contributed by atoms with Gasteiger partial charge in [0.05, 0.1) is 33.5 Å². The summed E-state index contributed by atoms with van der Waals surface area (Å²) in [7, 11) is 1.64. The number of nitrogens with two attached hydrogens (primary N) is 1. The Morgan fingerprint density at radius 1 is 0.950 bits per heavy atom. The molecular formula is C28H38N8O4. The zero-order chi connectivity index (χ0) is 28.0. The first kappa shape index (κ1) is 29.0. The van der Waals surface area contributed by atoms with Gasteiger partial charge in [-0.3, -0.25) is 4.79 Å². The molecule has 0 spiro atoms. The highest BCUT2D eigenvalue weighted by molar-refractivity contribution is 5.95. The SMILES string of the molecule is COc1ccc(CNc2nc(Nc3cccc(C(=O)NCCOCCOCCN)c3)nc(NC3CCC3)n2)cc1. The molecule has 12 nitrogen and oxygen atoms in total. The van der Waals surface area contributed by atoms with E-state index < -0.39 is 0 Å². The Balaban J connectivity index is 1.35. The van der Waals surface area contributed by atoms with Crippen LogP contribution in [0.2, 0.25) is 0 Å². The molecule has 40 heavy (non-hydrogen) atoms. The zero-order valence-electron chi connectivity index (χ0n) is 22.8. The van der Waals surface area contributed by atoms with Crippen LogP contribution in [0, 0.1) is 0 Å². The number of aromatic nitrogens is 3. The Kier molecular flexibility index (Phi) is 11.3. The summed E-state index contributed by atoms with van der Waals surface area (Å²) in [5, 5.41) is 12.7. The predicted octanol–water partition coefficient (Wildman–Crippen LogP) is 2.92. The summed E-state index contributed by atoms with van der Waals surface area (Å²) in [6.07, 6.45) is 3.38. The van der Waals surface area contributed by atoms with E-state index in [4.69, 9.17) is 19.9 Å². The number of ether oxygens (including phenoxy) is 3. The van der Waals surface area contributed by atoms with Crippen molar-refractivity contribution in [1.29, 1.82) is 0 Å². The Morgan fingerprint density at radius 2 is 1.70 bits per heavy atom. The summed E-state index contributed by atoms with van der Waals surface area (Å²) >= 11 is 0. The van der Waals surface area contributed by atoms with Crippen LogP contribution >= 0.6 is 0 Å². The van der Waals surface area contributed by atoms with Crippen molar-refractivity contribution < 1.29 is 19.0 Å². The van der Waals surface area contributed by atoms with Gasteiger partial charge in [-0.25, -0.2) is 0 Å². The van der Waals surface area contributed by atoms with Gasteiger partial charge in [-0.2, -0.15) is 15.0 Å². The largest absolute Gasteiger partial charge is 0.497 e. The molecule has 3 aromatic rings. The van der Waals surface area contributed by atoms with Crippen LogP contribution < -0.4 is 31.7 Å². The normalized spacial score (nSPS) is 12.8. The van der Waals surface area contributed by atoms with E-state index in [1.807, 2.05) is 30.3 Å². The molecule has 1 saturated carbocycles. The van der Waals surface area contributed by atoms with Crippen LogP contribution in [0.1, 0.15) is 35.2 Å². The zero-order valence-corrected chi connectivity index (χ0v) is 22.8. The topological polar surface area (TPSA) is 158 Å². The molecule has 0 radical (unpaired) electrons. The van der Waals surface area contributed by atoms with Gasteiger partial charge in [-0.05, 0) is 55.2 Å². The molecule has 1 aliphatic carbocycles. The molecule has 4 rings (SSSR count). The molecule has 12 heteroatoms. The third-order valence-electron chi connectivity index (χ3n) is 6.23. The number of hydrogen-bond acceptors (Lipinski definition) is 11. The summed E-state index contributed by atoms with van der Waals surface area (Å²) < 4.78 is 15.9. The lowest BCUT2D eigenvalue weighted by Gasteiger charge is -2.26. The second kappa shape index (κ2) is 15.6. The summed E-state index contributed by atoms with van der Waals surface area (Å²) in [4.78, 5) is 26.3. The maximum absolute atomic E-state index is 12.7. The van der Waals surface area contributed by atoms with E-state index in [1.165, 1.54) is 6.42 Å². The number of methoxy groups -OCH3 is 1. The Morgan fingerprint density at radius 3 is 2.42 bits per heavy atom. The van der Waals surface area contributed by atoms with E-state index >= 15 is 0 Å². The molecule has 2 aromatic carbocycles. The lowest BCUT2D eigenvalue weighted by atomic mass is 9.93. The molecule has 214 valence electrons. The average molecular weight is 551 g/mol. The molecule has 1 fully saturated rings. The number of carbonyl (C=O) groups is 1. The third-order valence-corrected chi connectivity index (χ3v) is 6.23. The van der Waals surface area contributed by atoms with E-state index in [0.717, 1.165) is 24.2 Å². The summed E-state index contributed by atoms with van der Waals surface area (Å²) in [5.74, 6) is 1.92. The minimum absolute atomic E-state index is 0.198. The fraction of sp³-hybridized carbons (Fsp3) is 0.429. The monoisotopic (exact) mass is 550 g/mol. The molecule has 6 N–H and O–H groups in total. The van der Waals surface area contributed by atoms with E-state index in [-0.39, 0.29) is 5.91 Å². The van der Waals surface area contributed by atoms with Crippen LogP contribution in [-0.2, 0) is 16.0 Å². The van der Waals surface area contributed by atoms with Crippen molar-refractivity contribution in [1.82, 2.24) is 20.3 Å². The fourth-order valence-electron chi connectivity index (χ4n) is 3.85. The molecular weight excluding hydrogens is 512 g/mol. The molecule has 0 unspecified atom stereocenters. The van der Waals surface area contributed by atoms with Crippen LogP contribution in [0.4, 0.5) is 23.5 Å². The number of benzene rings is 2. The number of nitrogens with one attached hydrogen (secondary N) is 4. The van der Waals surface area contributed by atoms with Crippen molar-refractivity contribution in [3.05, 3.63) is 59.7 Å². The number of rotatable bonds is 17. The molecule has 0 aliphatic heterocycles. The number of nitrogens with zero attached hydrogens (tertiary/aromatic N) is 3. The molecule has 1 aliphatic rings. The maximum Gasteiger partial charge on any atom is 0.251 e. The maximum atomic E-state index is 12.7. The third kappa shape index (κ3) is 9.33. The number of carbonyl (C=O) groups excluding carboxylic acids is 1. The Bertz CT molecular complexity index is 1210. The van der Waals surface area contributed by atoms with Crippen molar-refractivity contribution in [2.24, 2.45) is 5.73 Å².